The number of nitrogens with one attached hydrogen (secondary N) is 1. The van der Waals surface area contributed by atoms with Gasteiger partial charge in [-0.05, 0) is 60.2 Å². The summed E-state index contributed by atoms with van der Waals surface area (Å²) < 4.78 is 10.8. The fourth-order valence-electron chi connectivity index (χ4n) is 3.99. The second-order valence-electron chi connectivity index (χ2n) is 7.81. The van der Waals surface area contributed by atoms with Crippen molar-refractivity contribution >= 4 is 11.7 Å². The van der Waals surface area contributed by atoms with Crippen molar-refractivity contribution in [1.82, 2.24) is 4.98 Å². The molecule has 6 nitrogen and oxygen atoms in total. The van der Waals surface area contributed by atoms with E-state index >= 15 is 0 Å². The highest BCUT2D eigenvalue weighted by Gasteiger charge is 2.51. The van der Waals surface area contributed by atoms with Gasteiger partial charge in [0.15, 0.2) is 11.5 Å². The number of pyridine rings is 1. The zero-order chi connectivity index (χ0) is 20.7. The maximum Gasteiger partial charge on any atom is 0.236 e. The molecule has 1 saturated carbocycles. The van der Waals surface area contributed by atoms with Crippen LogP contribution in [0.25, 0.3) is 11.1 Å². The zero-order valence-corrected chi connectivity index (χ0v) is 16.6. The maximum absolute atomic E-state index is 13.1. The topological polar surface area (TPSA) is 80.7 Å². The van der Waals surface area contributed by atoms with E-state index in [1.165, 1.54) is 0 Å². The van der Waals surface area contributed by atoms with E-state index in [4.69, 9.17) is 9.47 Å². The van der Waals surface area contributed by atoms with Gasteiger partial charge in [-0.1, -0.05) is 30.3 Å². The third-order valence-corrected chi connectivity index (χ3v) is 5.92. The quantitative estimate of drug-likeness (QED) is 0.655. The number of ether oxygens (including phenoxy) is 2. The molecule has 2 aromatic carbocycles. The molecule has 2 N–H and O–H groups in total. The molecule has 0 radical (unpaired) electrons. The molecule has 2 aliphatic rings. The molecular weight excluding hydrogens is 380 g/mol. The van der Waals surface area contributed by atoms with Crippen LogP contribution >= 0.6 is 0 Å². The number of fused-ring (bicyclic) bond motifs is 1. The van der Waals surface area contributed by atoms with Gasteiger partial charge in [-0.25, -0.2) is 4.98 Å². The van der Waals surface area contributed by atoms with Gasteiger partial charge in [-0.3, -0.25) is 4.79 Å². The standard InChI is InChI=1S/C24H22N2O4.2H2/c1-15-10-17(19-5-3-2-4-16(19)13-27)12-25-22(15)26-23(28)24(8-9-24)18-6-7-20-21(11-18)30-14-29-20;;/h2-7,10-12,27H,8-9,13-14H2,1H3,(H,25,26,28);2*1H. The van der Waals surface area contributed by atoms with E-state index in [2.05, 4.69) is 10.3 Å². The number of hydrogen-bond acceptors (Lipinski definition) is 5. The second-order valence-corrected chi connectivity index (χ2v) is 7.81. The summed E-state index contributed by atoms with van der Waals surface area (Å²) in [6.45, 7) is 2.10. The Kier molecular flexibility index (Phi) is 4.44. The Bertz CT molecular complexity index is 1150. The number of carbonyl (C=O) groups is 1. The van der Waals surface area contributed by atoms with E-state index in [9.17, 15) is 9.90 Å². The van der Waals surface area contributed by atoms with Crippen molar-refractivity contribution < 1.29 is 22.2 Å². The third kappa shape index (κ3) is 3.09. The van der Waals surface area contributed by atoms with E-state index < -0.39 is 5.41 Å². The highest BCUT2D eigenvalue weighted by molar-refractivity contribution is 6.01. The fraction of sp³-hybridized carbons (Fsp3) is 0.250. The van der Waals surface area contributed by atoms with Gasteiger partial charge in [-0.15, -0.1) is 0 Å². The Morgan fingerprint density at radius 2 is 1.97 bits per heavy atom. The third-order valence-electron chi connectivity index (χ3n) is 5.92. The zero-order valence-electron chi connectivity index (χ0n) is 16.6. The van der Waals surface area contributed by atoms with E-state index in [1.54, 1.807) is 6.20 Å². The van der Waals surface area contributed by atoms with E-state index in [0.29, 0.717) is 17.3 Å². The van der Waals surface area contributed by atoms with Crippen molar-refractivity contribution in [3.63, 3.8) is 0 Å². The molecule has 156 valence electrons. The number of amides is 1. The Labute approximate surface area is 177 Å². The molecule has 0 bridgehead atoms. The first kappa shape index (κ1) is 18.6. The van der Waals surface area contributed by atoms with Gasteiger partial charge in [0.1, 0.15) is 5.82 Å². The van der Waals surface area contributed by atoms with Gasteiger partial charge < -0.3 is 19.9 Å². The van der Waals surface area contributed by atoms with Crippen molar-refractivity contribution in [3.8, 4) is 22.6 Å². The number of aryl methyl sites for hydroxylation is 1. The van der Waals surface area contributed by atoms with Crippen LogP contribution in [-0.2, 0) is 16.8 Å². The minimum Gasteiger partial charge on any atom is -0.454 e. The average Bonchev–Trinajstić information content (AvgIpc) is 3.46. The van der Waals surface area contributed by atoms with Crippen LogP contribution in [0, 0.1) is 6.92 Å². The molecule has 1 fully saturated rings. The fourth-order valence-corrected chi connectivity index (χ4v) is 3.99. The normalized spacial score (nSPS) is 15.7. The molecule has 2 heterocycles. The monoisotopic (exact) mass is 406 g/mol. The van der Waals surface area contributed by atoms with Gasteiger partial charge in [0.25, 0.3) is 0 Å². The van der Waals surface area contributed by atoms with E-state index in [1.807, 2.05) is 55.5 Å². The molecule has 0 atom stereocenters. The number of aliphatic hydroxyl groups is 1. The summed E-state index contributed by atoms with van der Waals surface area (Å²) in [5.41, 5.74) is 3.96. The molecule has 1 aromatic heterocycles. The molecule has 1 aliphatic heterocycles. The van der Waals surface area contributed by atoms with Crippen LogP contribution in [0.15, 0.2) is 54.7 Å². The van der Waals surface area contributed by atoms with Gasteiger partial charge in [0, 0.05) is 14.6 Å². The van der Waals surface area contributed by atoms with E-state index in [-0.39, 0.29) is 22.2 Å². The highest BCUT2D eigenvalue weighted by Crippen LogP contribution is 2.51. The van der Waals surface area contributed by atoms with Crippen LogP contribution < -0.4 is 14.8 Å². The van der Waals surface area contributed by atoms with E-state index in [0.717, 1.165) is 40.7 Å². The predicted octanol–water partition coefficient (Wildman–Crippen LogP) is 4.44. The molecule has 5 rings (SSSR count). The Hall–Kier alpha value is -3.38. The van der Waals surface area contributed by atoms with Crippen molar-refractivity contribution in [2.45, 2.75) is 31.8 Å². The van der Waals surface area contributed by atoms with Gasteiger partial charge in [0.2, 0.25) is 12.7 Å². The molecule has 3 aromatic rings. The summed E-state index contributed by atoms with van der Waals surface area (Å²) in [5, 5.41) is 12.6. The number of anilines is 1. The molecule has 0 unspecified atom stereocenters. The molecule has 0 spiro atoms. The van der Waals surface area contributed by atoms with Crippen molar-refractivity contribution in [1.29, 1.82) is 0 Å². The van der Waals surface area contributed by atoms with Gasteiger partial charge >= 0.3 is 0 Å². The summed E-state index contributed by atoms with van der Waals surface area (Å²) >= 11 is 0. The summed E-state index contributed by atoms with van der Waals surface area (Å²) in [7, 11) is 0. The predicted molar refractivity (Wildman–Crippen MR) is 117 cm³/mol. The van der Waals surface area contributed by atoms with Crippen LogP contribution in [0.1, 0.15) is 32.4 Å². The first-order valence-electron chi connectivity index (χ1n) is 9.98. The molecule has 0 saturated heterocycles. The highest BCUT2D eigenvalue weighted by atomic mass is 16.7. The lowest BCUT2D eigenvalue weighted by Crippen LogP contribution is -2.28. The number of carbonyl (C=O) groups excluding carboxylic acids is 1. The number of hydrogen-bond donors (Lipinski definition) is 2. The van der Waals surface area contributed by atoms with Crippen LogP contribution in [-0.4, -0.2) is 22.8 Å². The molecule has 1 aliphatic carbocycles. The second kappa shape index (κ2) is 7.15. The number of aromatic nitrogens is 1. The van der Waals surface area contributed by atoms with Crippen LogP contribution in [0.5, 0.6) is 11.5 Å². The van der Waals surface area contributed by atoms with Crippen molar-refractivity contribution in [2.24, 2.45) is 0 Å². The first-order chi connectivity index (χ1) is 14.6. The lowest BCUT2D eigenvalue weighted by molar-refractivity contribution is -0.118. The Morgan fingerprint density at radius 3 is 2.73 bits per heavy atom. The first-order valence-corrected chi connectivity index (χ1v) is 9.98. The summed E-state index contributed by atoms with van der Waals surface area (Å²) in [4.78, 5) is 17.7. The molecule has 30 heavy (non-hydrogen) atoms. The smallest absolute Gasteiger partial charge is 0.236 e. The number of nitrogens with zero attached hydrogens (tertiary/aromatic N) is 1. The summed E-state index contributed by atoms with van der Waals surface area (Å²) in [6.07, 6.45) is 3.32. The lowest BCUT2D eigenvalue weighted by Gasteiger charge is -2.17. The van der Waals surface area contributed by atoms with Gasteiger partial charge in [0.05, 0.1) is 12.0 Å². The Balaban J connectivity index is 0.00000144. The summed E-state index contributed by atoms with van der Waals surface area (Å²) in [5.74, 6) is 1.90. The Morgan fingerprint density at radius 1 is 1.17 bits per heavy atom. The largest absolute Gasteiger partial charge is 0.454 e. The molecule has 1 amide bonds. The number of rotatable bonds is 5. The van der Waals surface area contributed by atoms with Crippen molar-refractivity contribution in [3.05, 3.63) is 71.4 Å². The van der Waals surface area contributed by atoms with Crippen molar-refractivity contribution in [2.75, 3.05) is 12.1 Å². The maximum atomic E-state index is 13.1. The van der Waals surface area contributed by atoms with Crippen LogP contribution in [0.3, 0.4) is 0 Å². The van der Waals surface area contributed by atoms with Gasteiger partial charge in [-0.2, -0.15) is 0 Å². The molecular formula is C24H26N2O4. The number of benzene rings is 2. The SMILES string of the molecule is Cc1cc(-c2ccccc2CO)cnc1NC(=O)C1(c2ccc3c(c2)OCO3)CC1.[HH].[HH]. The minimum atomic E-state index is -0.544. The van der Waals surface area contributed by atoms with Crippen LogP contribution in [0.4, 0.5) is 5.82 Å². The molecule has 6 heteroatoms. The number of aliphatic hydroxyl groups excluding tert-OH is 1. The average molecular weight is 406 g/mol. The minimum absolute atomic E-state index is 0. The summed E-state index contributed by atoms with van der Waals surface area (Å²) in [6, 6.07) is 15.4. The lowest BCUT2D eigenvalue weighted by atomic mass is 9.94. The van der Waals surface area contributed by atoms with Crippen LogP contribution in [0.2, 0.25) is 0 Å².